The lowest BCUT2D eigenvalue weighted by molar-refractivity contribution is -0.130. The second-order valence-corrected chi connectivity index (χ2v) is 7.89. The molecule has 2 aromatic carbocycles. The fourth-order valence-electron chi connectivity index (χ4n) is 4.58. The molecular weight excluding hydrogens is 350 g/mol. The van der Waals surface area contributed by atoms with Crippen molar-refractivity contribution in [1.29, 1.82) is 0 Å². The molecule has 2 aliphatic heterocycles. The van der Waals surface area contributed by atoms with Gasteiger partial charge in [-0.25, -0.2) is 0 Å². The SMILES string of the molecule is CN1C(=O)C(CC(=O)NC2CCNCC2)(Cc2ccccc2)c2ccccc21. The van der Waals surface area contributed by atoms with Crippen LogP contribution in [0.1, 0.15) is 30.4 Å². The molecule has 2 aromatic rings. The van der Waals surface area contributed by atoms with Gasteiger partial charge in [0.05, 0.1) is 5.41 Å². The number of fused-ring (bicyclic) bond motifs is 1. The Morgan fingerprint density at radius 2 is 1.79 bits per heavy atom. The maximum Gasteiger partial charge on any atom is 0.238 e. The van der Waals surface area contributed by atoms with Gasteiger partial charge >= 0.3 is 0 Å². The number of likely N-dealkylation sites (N-methyl/N-ethyl adjacent to an activating group) is 1. The van der Waals surface area contributed by atoms with E-state index in [2.05, 4.69) is 10.6 Å². The van der Waals surface area contributed by atoms with Crippen LogP contribution in [0.15, 0.2) is 54.6 Å². The van der Waals surface area contributed by atoms with Gasteiger partial charge in [0.1, 0.15) is 0 Å². The number of para-hydroxylation sites is 1. The quantitative estimate of drug-likeness (QED) is 0.841. The van der Waals surface area contributed by atoms with Crippen molar-refractivity contribution in [3.8, 4) is 0 Å². The first-order chi connectivity index (χ1) is 13.6. The van der Waals surface area contributed by atoms with E-state index in [9.17, 15) is 9.59 Å². The molecule has 4 rings (SSSR count). The molecule has 0 radical (unpaired) electrons. The van der Waals surface area contributed by atoms with E-state index in [-0.39, 0.29) is 24.3 Å². The molecular formula is C23H27N3O2. The Hall–Kier alpha value is -2.66. The maximum absolute atomic E-state index is 13.5. The van der Waals surface area contributed by atoms with Crippen molar-refractivity contribution in [2.75, 3.05) is 25.0 Å². The average molecular weight is 377 g/mol. The summed E-state index contributed by atoms with van der Waals surface area (Å²) >= 11 is 0. The lowest BCUT2D eigenvalue weighted by Crippen LogP contribution is -2.48. The fourth-order valence-corrected chi connectivity index (χ4v) is 4.58. The molecule has 28 heavy (non-hydrogen) atoms. The first-order valence-corrected chi connectivity index (χ1v) is 10.0. The molecule has 0 spiro atoms. The minimum absolute atomic E-state index is 0.00184. The Morgan fingerprint density at radius 3 is 2.54 bits per heavy atom. The van der Waals surface area contributed by atoms with Gasteiger partial charge in [-0.2, -0.15) is 0 Å². The summed E-state index contributed by atoms with van der Waals surface area (Å²) < 4.78 is 0. The number of nitrogens with one attached hydrogen (secondary N) is 2. The second-order valence-electron chi connectivity index (χ2n) is 7.89. The average Bonchev–Trinajstić information content (AvgIpc) is 2.92. The van der Waals surface area contributed by atoms with E-state index >= 15 is 0 Å². The molecule has 0 saturated carbocycles. The van der Waals surface area contributed by atoms with Crippen LogP contribution in [-0.4, -0.2) is 38.0 Å². The molecule has 1 unspecified atom stereocenters. The molecule has 0 aliphatic carbocycles. The third-order valence-electron chi connectivity index (χ3n) is 6.01. The standard InChI is InChI=1S/C23H27N3O2/c1-26-20-10-6-5-9-19(20)23(22(26)28,15-17-7-3-2-4-8-17)16-21(27)25-18-11-13-24-14-12-18/h2-10,18,24H,11-16H2,1H3,(H,25,27). The molecule has 5 heteroatoms. The summed E-state index contributed by atoms with van der Waals surface area (Å²) in [5, 5.41) is 6.49. The van der Waals surface area contributed by atoms with Gasteiger partial charge < -0.3 is 15.5 Å². The summed E-state index contributed by atoms with van der Waals surface area (Å²) in [6, 6.07) is 18.0. The monoisotopic (exact) mass is 377 g/mol. The highest BCUT2D eigenvalue weighted by Gasteiger charge is 2.50. The summed E-state index contributed by atoms with van der Waals surface area (Å²) in [5.41, 5.74) is 2.06. The van der Waals surface area contributed by atoms with Crippen LogP contribution in [0.25, 0.3) is 0 Å². The van der Waals surface area contributed by atoms with Gasteiger partial charge in [0, 0.05) is 25.2 Å². The van der Waals surface area contributed by atoms with Gasteiger partial charge in [-0.05, 0) is 49.5 Å². The van der Waals surface area contributed by atoms with E-state index in [0.717, 1.165) is 42.7 Å². The summed E-state index contributed by atoms with van der Waals surface area (Å²) in [6.07, 6.45) is 2.56. The number of nitrogens with zero attached hydrogens (tertiary/aromatic N) is 1. The smallest absolute Gasteiger partial charge is 0.238 e. The summed E-state index contributed by atoms with van der Waals surface area (Å²) in [7, 11) is 1.80. The number of amides is 2. The summed E-state index contributed by atoms with van der Waals surface area (Å²) in [6.45, 7) is 1.84. The Bertz CT molecular complexity index is 861. The van der Waals surface area contributed by atoms with Crippen LogP contribution in [0.5, 0.6) is 0 Å². The van der Waals surface area contributed by atoms with Gasteiger partial charge in [0.2, 0.25) is 11.8 Å². The zero-order valence-electron chi connectivity index (χ0n) is 16.3. The number of hydrogen-bond acceptors (Lipinski definition) is 3. The Morgan fingerprint density at radius 1 is 1.11 bits per heavy atom. The zero-order valence-corrected chi connectivity index (χ0v) is 16.3. The summed E-state index contributed by atoms with van der Waals surface area (Å²) in [4.78, 5) is 28.2. The first-order valence-electron chi connectivity index (χ1n) is 10.0. The summed E-state index contributed by atoms with van der Waals surface area (Å²) in [5.74, 6) is -0.0423. The third-order valence-corrected chi connectivity index (χ3v) is 6.01. The third kappa shape index (κ3) is 3.42. The molecule has 0 aromatic heterocycles. The number of rotatable bonds is 5. The van der Waals surface area contributed by atoms with Crippen LogP contribution in [0.2, 0.25) is 0 Å². The van der Waals surface area contributed by atoms with Crippen molar-refractivity contribution in [3.05, 3.63) is 65.7 Å². The van der Waals surface area contributed by atoms with Crippen LogP contribution < -0.4 is 15.5 Å². The lowest BCUT2D eigenvalue weighted by Gasteiger charge is -2.30. The van der Waals surface area contributed by atoms with Crippen LogP contribution in [0.4, 0.5) is 5.69 Å². The number of piperidine rings is 1. The highest BCUT2D eigenvalue weighted by atomic mass is 16.2. The Labute approximate surface area is 166 Å². The molecule has 2 aliphatic rings. The molecule has 2 N–H and O–H groups in total. The Balaban J connectivity index is 1.66. The second kappa shape index (κ2) is 7.76. The zero-order chi connectivity index (χ0) is 19.6. The van der Waals surface area contributed by atoms with Crippen molar-refractivity contribution in [1.82, 2.24) is 10.6 Å². The largest absolute Gasteiger partial charge is 0.353 e. The molecule has 146 valence electrons. The van der Waals surface area contributed by atoms with Crippen molar-refractivity contribution < 1.29 is 9.59 Å². The van der Waals surface area contributed by atoms with Crippen molar-refractivity contribution in [2.45, 2.75) is 37.1 Å². The van der Waals surface area contributed by atoms with Gasteiger partial charge in [-0.3, -0.25) is 9.59 Å². The molecule has 1 saturated heterocycles. The van der Waals surface area contributed by atoms with E-state index in [4.69, 9.17) is 0 Å². The van der Waals surface area contributed by atoms with Crippen LogP contribution >= 0.6 is 0 Å². The Kier molecular flexibility index (Phi) is 5.18. The minimum atomic E-state index is -0.857. The van der Waals surface area contributed by atoms with Gasteiger partial charge in [-0.1, -0.05) is 48.5 Å². The number of hydrogen-bond donors (Lipinski definition) is 2. The van der Waals surface area contributed by atoms with Crippen molar-refractivity contribution >= 4 is 17.5 Å². The molecule has 2 heterocycles. The van der Waals surface area contributed by atoms with E-state index in [1.54, 1.807) is 11.9 Å². The van der Waals surface area contributed by atoms with E-state index < -0.39 is 5.41 Å². The van der Waals surface area contributed by atoms with Crippen molar-refractivity contribution in [2.24, 2.45) is 0 Å². The fraction of sp³-hybridized carbons (Fsp3) is 0.391. The normalized spacial score (nSPS) is 22.2. The van der Waals surface area contributed by atoms with E-state index in [1.165, 1.54) is 0 Å². The predicted molar refractivity (Wildman–Crippen MR) is 110 cm³/mol. The lowest BCUT2D eigenvalue weighted by atomic mass is 9.73. The highest BCUT2D eigenvalue weighted by molar-refractivity contribution is 6.09. The van der Waals surface area contributed by atoms with Gasteiger partial charge in [0.15, 0.2) is 0 Å². The predicted octanol–water partition coefficient (Wildman–Crippen LogP) is 2.40. The number of carbonyl (C=O) groups excluding carboxylic acids is 2. The first kappa shape index (κ1) is 18.7. The molecule has 5 nitrogen and oxygen atoms in total. The van der Waals surface area contributed by atoms with Crippen LogP contribution in [0.3, 0.4) is 0 Å². The maximum atomic E-state index is 13.5. The molecule has 2 amide bonds. The van der Waals surface area contributed by atoms with E-state index in [0.29, 0.717) is 6.42 Å². The van der Waals surface area contributed by atoms with Crippen LogP contribution in [0, 0.1) is 0 Å². The number of carbonyl (C=O) groups is 2. The topological polar surface area (TPSA) is 61.4 Å². The highest BCUT2D eigenvalue weighted by Crippen LogP contribution is 2.45. The van der Waals surface area contributed by atoms with Crippen molar-refractivity contribution in [3.63, 3.8) is 0 Å². The van der Waals surface area contributed by atoms with Gasteiger partial charge in [0.25, 0.3) is 0 Å². The number of benzene rings is 2. The van der Waals surface area contributed by atoms with Gasteiger partial charge in [-0.15, -0.1) is 0 Å². The van der Waals surface area contributed by atoms with Crippen LogP contribution in [-0.2, 0) is 21.4 Å². The molecule has 1 fully saturated rings. The molecule has 0 bridgehead atoms. The number of anilines is 1. The van der Waals surface area contributed by atoms with E-state index in [1.807, 2.05) is 54.6 Å². The minimum Gasteiger partial charge on any atom is -0.353 e. The molecule has 1 atom stereocenters.